The molecule has 2 aliphatic heterocycles. The zero-order valence-electron chi connectivity index (χ0n) is 14.6. The van der Waals surface area contributed by atoms with Crippen LogP contribution in [0.5, 0.6) is 11.5 Å². The highest BCUT2D eigenvalue weighted by Gasteiger charge is 2.49. The van der Waals surface area contributed by atoms with Crippen LogP contribution in [0.4, 0.5) is 4.39 Å². The zero-order valence-corrected chi connectivity index (χ0v) is 15.5. The predicted molar refractivity (Wildman–Crippen MR) is 95.1 cm³/mol. The van der Waals surface area contributed by atoms with Crippen molar-refractivity contribution in [1.82, 2.24) is 4.31 Å². The van der Waals surface area contributed by atoms with E-state index in [1.165, 1.54) is 17.5 Å². The van der Waals surface area contributed by atoms with Gasteiger partial charge in [-0.2, -0.15) is 4.31 Å². The monoisotopic (exact) mass is 391 g/mol. The van der Waals surface area contributed by atoms with E-state index >= 15 is 0 Å². The molecule has 0 amide bonds. The number of rotatable bonds is 3. The van der Waals surface area contributed by atoms with Crippen LogP contribution in [0.2, 0.25) is 0 Å². The highest BCUT2D eigenvalue weighted by atomic mass is 32.2. The molecule has 2 heterocycles. The first-order valence-electron chi connectivity index (χ1n) is 8.50. The van der Waals surface area contributed by atoms with E-state index in [2.05, 4.69) is 0 Å². The maximum Gasteiger partial charge on any atom is 0.247 e. The van der Waals surface area contributed by atoms with Crippen LogP contribution < -0.4 is 9.47 Å². The Morgan fingerprint density at radius 3 is 2.78 bits per heavy atom. The standard InChI is InChI=1S/C19H18FNO5S/c1-25-17-7-6-13(20)10-18(17)27(23,24)21-9-8-19(12-21)11-15(22)14-4-2-3-5-16(14)26-19/h2-7,10H,8-9,11-12H2,1H3/t19-/m1/s1. The molecule has 1 saturated heterocycles. The Morgan fingerprint density at radius 1 is 1.22 bits per heavy atom. The summed E-state index contributed by atoms with van der Waals surface area (Å²) in [6.07, 6.45) is 0.486. The van der Waals surface area contributed by atoms with Crippen LogP contribution in [0.25, 0.3) is 0 Å². The second-order valence-electron chi connectivity index (χ2n) is 6.76. The number of carbonyl (C=O) groups is 1. The Labute approximate surface area is 156 Å². The summed E-state index contributed by atoms with van der Waals surface area (Å²) in [5.41, 5.74) is -0.393. The number of nitrogens with zero attached hydrogens (tertiary/aromatic N) is 1. The minimum atomic E-state index is -4.00. The lowest BCUT2D eigenvalue weighted by molar-refractivity contribution is 0.0498. The van der Waals surface area contributed by atoms with Crippen molar-refractivity contribution in [3.8, 4) is 11.5 Å². The van der Waals surface area contributed by atoms with Crippen molar-refractivity contribution in [3.05, 3.63) is 53.8 Å². The van der Waals surface area contributed by atoms with Gasteiger partial charge >= 0.3 is 0 Å². The molecule has 27 heavy (non-hydrogen) atoms. The molecule has 142 valence electrons. The van der Waals surface area contributed by atoms with Crippen LogP contribution in [-0.4, -0.2) is 44.3 Å². The number of halogens is 1. The van der Waals surface area contributed by atoms with E-state index in [-0.39, 0.29) is 35.9 Å². The number of ketones is 1. The maximum atomic E-state index is 13.7. The Morgan fingerprint density at radius 2 is 2.00 bits per heavy atom. The normalized spacial score (nSPS) is 22.5. The summed E-state index contributed by atoms with van der Waals surface area (Å²) < 4.78 is 52.2. The van der Waals surface area contributed by atoms with Crippen molar-refractivity contribution in [3.63, 3.8) is 0 Å². The third-order valence-corrected chi connectivity index (χ3v) is 6.89. The van der Waals surface area contributed by atoms with Crippen molar-refractivity contribution in [2.45, 2.75) is 23.3 Å². The van der Waals surface area contributed by atoms with Crippen LogP contribution in [-0.2, 0) is 10.0 Å². The Kier molecular flexibility index (Phi) is 4.20. The van der Waals surface area contributed by atoms with Gasteiger partial charge in [0.2, 0.25) is 10.0 Å². The number of methoxy groups -OCH3 is 1. The number of Topliss-reactive ketones (excluding diaryl/α,β-unsaturated/α-hetero) is 1. The summed E-state index contributed by atoms with van der Waals surface area (Å²) >= 11 is 0. The fourth-order valence-corrected chi connectivity index (χ4v) is 5.36. The van der Waals surface area contributed by atoms with E-state index in [0.29, 0.717) is 17.7 Å². The first-order chi connectivity index (χ1) is 12.8. The largest absolute Gasteiger partial charge is 0.495 e. The number of hydrogen-bond acceptors (Lipinski definition) is 5. The number of para-hydroxylation sites is 1. The molecule has 8 heteroatoms. The van der Waals surface area contributed by atoms with E-state index in [9.17, 15) is 17.6 Å². The molecular weight excluding hydrogens is 373 g/mol. The smallest absolute Gasteiger partial charge is 0.247 e. The van der Waals surface area contributed by atoms with Gasteiger partial charge in [0, 0.05) is 13.0 Å². The first-order valence-corrected chi connectivity index (χ1v) is 9.94. The van der Waals surface area contributed by atoms with Gasteiger partial charge in [-0.05, 0) is 30.3 Å². The van der Waals surface area contributed by atoms with Crippen molar-refractivity contribution < 1.29 is 27.1 Å². The summed E-state index contributed by atoms with van der Waals surface area (Å²) in [4.78, 5) is 12.3. The minimum Gasteiger partial charge on any atom is -0.495 e. The molecule has 6 nitrogen and oxygen atoms in total. The molecule has 1 fully saturated rings. The quantitative estimate of drug-likeness (QED) is 0.804. The molecule has 0 bridgehead atoms. The van der Waals surface area contributed by atoms with E-state index in [0.717, 1.165) is 12.1 Å². The van der Waals surface area contributed by atoms with Gasteiger partial charge in [0.15, 0.2) is 5.78 Å². The topological polar surface area (TPSA) is 72.9 Å². The van der Waals surface area contributed by atoms with Crippen LogP contribution in [0.1, 0.15) is 23.2 Å². The van der Waals surface area contributed by atoms with E-state index < -0.39 is 21.4 Å². The molecule has 1 spiro atoms. The molecule has 1 atom stereocenters. The van der Waals surface area contributed by atoms with Crippen molar-refractivity contribution in [2.75, 3.05) is 20.2 Å². The highest BCUT2D eigenvalue weighted by molar-refractivity contribution is 7.89. The van der Waals surface area contributed by atoms with Gasteiger partial charge in [-0.25, -0.2) is 12.8 Å². The minimum absolute atomic E-state index is 0.0229. The van der Waals surface area contributed by atoms with Gasteiger partial charge in [-0.3, -0.25) is 4.79 Å². The third-order valence-electron chi connectivity index (χ3n) is 5.02. The lowest BCUT2D eigenvalue weighted by atomic mass is 9.89. The summed E-state index contributed by atoms with van der Waals surface area (Å²) in [7, 11) is -2.67. The van der Waals surface area contributed by atoms with Gasteiger partial charge in [-0.1, -0.05) is 12.1 Å². The van der Waals surface area contributed by atoms with E-state index in [4.69, 9.17) is 9.47 Å². The number of ether oxygens (including phenoxy) is 2. The predicted octanol–water partition coefficient (Wildman–Crippen LogP) is 2.63. The van der Waals surface area contributed by atoms with Crippen LogP contribution >= 0.6 is 0 Å². The Balaban J connectivity index is 1.65. The molecular formula is C19H18FNO5S. The number of fused-ring (bicyclic) bond motifs is 1. The molecule has 2 aromatic carbocycles. The lowest BCUT2D eigenvalue weighted by Crippen LogP contribution is -2.45. The highest BCUT2D eigenvalue weighted by Crippen LogP contribution is 2.40. The summed E-state index contributed by atoms with van der Waals surface area (Å²) in [5.74, 6) is -0.194. The van der Waals surface area contributed by atoms with Gasteiger partial charge in [0.05, 0.1) is 25.6 Å². The molecule has 0 aromatic heterocycles. The van der Waals surface area contributed by atoms with Gasteiger partial charge in [0.1, 0.15) is 27.8 Å². The molecule has 4 rings (SSSR count). The average molecular weight is 391 g/mol. The lowest BCUT2D eigenvalue weighted by Gasteiger charge is -2.34. The number of carbonyl (C=O) groups excluding carboxylic acids is 1. The maximum absolute atomic E-state index is 13.7. The SMILES string of the molecule is COc1ccc(F)cc1S(=O)(=O)N1CC[C@@]2(CC(=O)c3ccccc3O2)C1. The second-order valence-corrected chi connectivity index (χ2v) is 8.67. The van der Waals surface area contributed by atoms with E-state index in [1.54, 1.807) is 24.3 Å². The summed E-state index contributed by atoms with van der Waals surface area (Å²) in [6, 6.07) is 10.3. The van der Waals surface area contributed by atoms with Gasteiger partial charge in [-0.15, -0.1) is 0 Å². The number of sulfonamides is 1. The van der Waals surface area contributed by atoms with Crippen molar-refractivity contribution in [1.29, 1.82) is 0 Å². The summed E-state index contributed by atoms with van der Waals surface area (Å²) in [5, 5.41) is 0. The van der Waals surface area contributed by atoms with Crippen LogP contribution in [0, 0.1) is 5.82 Å². The van der Waals surface area contributed by atoms with Crippen molar-refractivity contribution in [2.24, 2.45) is 0 Å². The fraction of sp³-hybridized carbons (Fsp3) is 0.316. The Bertz CT molecular complexity index is 1020. The molecule has 0 saturated carbocycles. The molecule has 2 aromatic rings. The first kappa shape index (κ1) is 17.9. The average Bonchev–Trinajstić information content (AvgIpc) is 3.05. The summed E-state index contributed by atoms with van der Waals surface area (Å²) in [6.45, 7) is 0.201. The molecule has 0 unspecified atom stereocenters. The third kappa shape index (κ3) is 2.98. The number of hydrogen-bond donors (Lipinski definition) is 0. The van der Waals surface area contributed by atoms with Crippen molar-refractivity contribution >= 4 is 15.8 Å². The van der Waals surface area contributed by atoms with Crippen LogP contribution in [0.3, 0.4) is 0 Å². The second kappa shape index (κ2) is 6.31. The molecule has 0 aliphatic carbocycles. The molecule has 2 aliphatic rings. The van der Waals surface area contributed by atoms with Gasteiger partial charge in [0.25, 0.3) is 0 Å². The molecule has 0 N–H and O–H groups in total. The Hall–Kier alpha value is -2.45. The zero-order chi connectivity index (χ0) is 19.2. The molecule has 0 radical (unpaired) electrons. The van der Waals surface area contributed by atoms with E-state index in [1.807, 2.05) is 0 Å². The van der Waals surface area contributed by atoms with Crippen LogP contribution in [0.15, 0.2) is 47.4 Å². The number of benzene rings is 2. The van der Waals surface area contributed by atoms with Gasteiger partial charge < -0.3 is 9.47 Å². The fourth-order valence-electron chi connectivity index (χ4n) is 3.68.